The molecule has 1 aliphatic rings. The van der Waals surface area contributed by atoms with Crippen molar-refractivity contribution in [2.45, 2.75) is 19.9 Å². The van der Waals surface area contributed by atoms with Crippen LogP contribution in [0.15, 0.2) is 29.8 Å². The Morgan fingerprint density at radius 2 is 2.18 bits per heavy atom. The molecular weight excluding hydrogens is 296 g/mol. The van der Waals surface area contributed by atoms with Crippen molar-refractivity contribution in [1.82, 2.24) is 19.8 Å². The van der Waals surface area contributed by atoms with Crippen LogP contribution in [0.5, 0.6) is 0 Å². The zero-order chi connectivity index (χ0) is 15.4. The van der Waals surface area contributed by atoms with Crippen LogP contribution in [0.2, 0.25) is 0 Å². The number of hydrogen-bond acceptors (Lipinski definition) is 5. The molecule has 1 amide bonds. The second kappa shape index (κ2) is 6.98. The topological polar surface area (TPSA) is 49.3 Å². The molecule has 2 aromatic heterocycles. The highest BCUT2D eigenvalue weighted by Crippen LogP contribution is 2.13. The standard InChI is InChI=1S/C16H20N4OS/c1-13-18-14(12-22-13)11-19-7-4-8-20(10-9-19)16(21)15-5-2-3-6-17-15/h2-3,5-6,12H,4,7-11H2,1H3. The number of rotatable bonds is 3. The first-order chi connectivity index (χ1) is 10.7. The van der Waals surface area contributed by atoms with Crippen molar-refractivity contribution in [3.8, 4) is 0 Å². The molecule has 0 spiro atoms. The molecule has 3 rings (SSSR count). The minimum absolute atomic E-state index is 0.0342. The molecule has 5 nitrogen and oxygen atoms in total. The maximum atomic E-state index is 12.5. The van der Waals surface area contributed by atoms with Crippen LogP contribution in [-0.4, -0.2) is 51.9 Å². The molecule has 2 aromatic rings. The Labute approximate surface area is 134 Å². The summed E-state index contributed by atoms with van der Waals surface area (Å²) in [6, 6.07) is 5.47. The Morgan fingerprint density at radius 3 is 2.91 bits per heavy atom. The zero-order valence-corrected chi connectivity index (χ0v) is 13.6. The lowest BCUT2D eigenvalue weighted by atomic mass is 10.3. The average molecular weight is 316 g/mol. The van der Waals surface area contributed by atoms with E-state index in [-0.39, 0.29) is 5.91 Å². The molecular formula is C16H20N4OS. The maximum Gasteiger partial charge on any atom is 0.272 e. The molecule has 0 atom stereocenters. The van der Waals surface area contributed by atoms with E-state index in [1.54, 1.807) is 23.6 Å². The van der Waals surface area contributed by atoms with Crippen molar-refractivity contribution in [3.63, 3.8) is 0 Å². The Morgan fingerprint density at radius 1 is 1.27 bits per heavy atom. The van der Waals surface area contributed by atoms with Gasteiger partial charge in [0, 0.05) is 44.3 Å². The van der Waals surface area contributed by atoms with Crippen molar-refractivity contribution in [2.75, 3.05) is 26.2 Å². The number of aromatic nitrogens is 2. The lowest BCUT2D eigenvalue weighted by Gasteiger charge is -2.21. The van der Waals surface area contributed by atoms with Gasteiger partial charge < -0.3 is 4.90 Å². The summed E-state index contributed by atoms with van der Waals surface area (Å²) in [5, 5.41) is 3.23. The highest BCUT2D eigenvalue weighted by Gasteiger charge is 2.21. The van der Waals surface area contributed by atoms with Gasteiger partial charge in [-0.3, -0.25) is 14.7 Å². The molecule has 22 heavy (non-hydrogen) atoms. The van der Waals surface area contributed by atoms with Crippen molar-refractivity contribution in [2.24, 2.45) is 0 Å². The van der Waals surface area contributed by atoms with Gasteiger partial charge in [0.1, 0.15) is 5.69 Å². The number of carbonyl (C=O) groups excluding carboxylic acids is 1. The maximum absolute atomic E-state index is 12.5. The molecule has 1 fully saturated rings. The fourth-order valence-corrected chi connectivity index (χ4v) is 3.30. The third-order valence-corrected chi connectivity index (χ3v) is 4.63. The van der Waals surface area contributed by atoms with Crippen LogP contribution in [0.3, 0.4) is 0 Å². The van der Waals surface area contributed by atoms with Gasteiger partial charge in [0.15, 0.2) is 0 Å². The summed E-state index contributed by atoms with van der Waals surface area (Å²) in [5.74, 6) is 0.0342. The first-order valence-corrected chi connectivity index (χ1v) is 8.44. The molecule has 116 valence electrons. The second-order valence-corrected chi connectivity index (χ2v) is 6.56. The number of aryl methyl sites for hydroxylation is 1. The normalized spacial score (nSPS) is 16.5. The number of amides is 1. The van der Waals surface area contributed by atoms with Gasteiger partial charge >= 0.3 is 0 Å². The van der Waals surface area contributed by atoms with Gasteiger partial charge in [-0.15, -0.1) is 11.3 Å². The van der Waals surface area contributed by atoms with Crippen LogP contribution in [0.25, 0.3) is 0 Å². The third-order valence-electron chi connectivity index (χ3n) is 3.81. The van der Waals surface area contributed by atoms with Crippen LogP contribution in [0.1, 0.15) is 27.6 Å². The SMILES string of the molecule is Cc1nc(CN2CCCN(C(=O)c3ccccn3)CC2)cs1. The Kier molecular flexibility index (Phi) is 4.80. The van der Waals surface area contributed by atoms with Crippen LogP contribution in [-0.2, 0) is 6.54 Å². The van der Waals surface area contributed by atoms with Crippen molar-refractivity contribution in [3.05, 3.63) is 46.2 Å². The van der Waals surface area contributed by atoms with Crippen LogP contribution in [0.4, 0.5) is 0 Å². The average Bonchev–Trinajstić information content (AvgIpc) is 2.81. The number of pyridine rings is 1. The first-order valence-electron chi connectivity index (χ1n) is 7.56. The minimum atomic E-state index is 0.0342. The van der Waals surface area contributed by atoms with Crippen LogP contribution >= 0.6 is 11.3 Å². The largest absolute Gasteiger partial charge is 0.336 e. The highest BCUT2D eigenvalue weighted by atomic mass is 32.1. The number of thiazole rings is 1. The van der Waals surface area contributed by atoms with E-state index < -0.39 is 0 Å². The minimum Gasteiger partial charge on any atom is -0.336 e. The van der Waals surface area contributed by atoms with Gasteiger partial charge in [0.05, 0.1) is 10.7 Å². The molecule has 6 heteroatoms. The second-order valence-electron chi connectivity index (χ2n) is 5.49. The van der Waals surface area contributed by atoms with E-state index in [2.05, 4.69) is 20.2 Å². The highest BCUT2D eigenvalue weighted by molar-refractivity contribution is 7.09. The van der Waals surface area contributed by atoms with Gasteiger partial charge in [0.2, 0.25) is 0 Å². The predicted molar refractivity (Wildman–Crippen MR) is 86.9 cm³/mol. The predicted octanol–water partition coefficient (Wildman–Crippen LogP) is 2.19. The molecule has 0 N–H and O–H groups in total. The van der Waals surface area contributed by atoms with Crippen molar-refractivity contribution in [1.29, 1.82) is 0 Å². The van der Waals surface area contributed by atoms with E-state index in [1.165, 1.54) is 0 Å². The summed E-state index contributed by atoms with van der Waals surface area (Å²) in [5.41, 5.74) is 1.66. The zero-order valence-electron chi connectivity index (χ0n) is 12.7. The smallest absolute Gasteiger partial charge is 0.272 e. The van der Waals surface area contributed by atoms with Gasteiger partial charge in [-0.1, -0.05) is 6.07 Å². The number of nitrogens with zero attached hydrogens (tertiary/aromatic N) is 4. The van der Waals surface area contributed by atoms with E-state index in [4.69, 9.17) is 0 Å². The summed E-state index contributed by atoms with van der Waals surface area (Å²) in [7, 11) is 0. The van der Waals surface area contributed by atoms with Crippen LogP contribution in [0, 0.1) is 6.92 Å². The molecule has 0 bridgehead atoms. The fraction of sp³-hybridized carbons (Fsp3) is 0.438. The Hall–Kier alpha value is -1.79. The summed E-state index contributed by atoms with van der Waals surface area (Å²) in [6.45, 7) is 6.33. The van der Waals surface area contributed by atoms with Gasteiger partial charge in [-0.05, 0) is 25.5 Å². The van der Waals surface area contributed by atoms with Gasteiger partial charge in [-0.2, -0.15) is 0 Å². The third kappa shape index (κ3) is 3.69. The lowest BCUT2D eigenvalue weighted by molar-refractivity contribution is 0.0755. The van der Waals surface area contributed by atoms with Gasteiger partial charge in [-0.25, -0.2) is 4.98 Å². The molecule has 3 heterocycles. The first kappa shape index (κ1) is 15.1. The monoisotopic (exact) mass is 316 g/mol. The lowest BCUT2D eigenvalue weighted by Crippen LogP contribution is -2.35. The van der Waals surface area contributed by atoms with E-state index in [0.29, 0.717) is 5.69 Å². The molecule has 0 radical (unpaired) electrons. The summed E-state index contributed by atoms with van der Waals surface area (Å²) in [6.07, 6.45) is 2.66. The summed E-state index contributed by atoms with van der Waals surface area (Å²) >= 11 is 1.69. The van der Waals surface area contributed by atoms with Crippen molar-refractivity contribution < 1.29 is 4.79 Å². The van der Waals surface area contributed by atoms with Gasteiger partial charge in [0.25, 0.3) is 5.91 Å². The number of carbonyl (C=O) groups is 1. The quantitative estimate of drug-likeness (QED) is 0.871. The molecule has 0 aromatic carbocycles. The molecule has 0 aliphatic carbocycles. The van der Waals surface area contributed by atoms with E-state index in [1.807, 2.05) is 24.0 Å². The molecule has 1 aliphatic heterocycles. The Balaban J connectivity index is 1.59. The van der Waals surface area contributed by atoms with E-state index in [9.17, 15) is 4.79 Å². The summed E-state index contributed by atoms with van der Waals surface area (Å²) in [4.78, 5) is 25.4. The van der Waals surface area contributed by atoms with E-state index >= 15 is 0 Å². The Bertz CT molecular complexity index is 628. The molecule has 0 unspecified atom stereocenters. The molecule has 0 saturated carbocycles. The fourth-order valence-electron chi connectivity index (χ4n) is 2.69. The van der Waals surface area contributed by atoms with Crippen molar-refractivity contribution >= 4 is 17.2 Å². The summed E-state index contributed by atoms with van der Waals surface area (Å²) < 4.78 is 0. The van der Waals surface area contributed by atoms with E-state index in [0.717, 1.165) is 49.8 Å². The molecule has 1 saturated heterocycles. The number of hydrogen-bond donors (Lipinski definition) is 0. The van der Waals surface area contributed by atoms with Crippen LogP contribution < -0.4 is 0 Å².